The van der Waals surface area contributed by atoms with Crippen molar-refractivity contribution in [3.05, 3.63) is 0 Å². The van der Waals surface area contributed by atoms with E-state index in [0.717, 1.165) is 13.0 Å². The van der Waals surface area contributed by atoms with Gasteiger partial charge in [-0.25, -0.2) is 4.79 Å². The van der Waals surface area contributed by atoms with E-state index in [0.29, 0.717) is 12.1 Å². The molecule has 0 saturated carbocycles. The van der Waals surface area contributed by atoms with Crippen molar-refractivity contribution in [2.75, 3.05) is 6.54 Å². The van der Waals surface area contributed by atoms with Gasteiger partial charge in [0.1, 0.15) is 0 Å². The summed E-state index contributed by atoms with van der Waals surface area (Å²) in [6, 6.07) is 0.781. The monoisotopic (exact) mass is 156 g/mol. The normalized spacial score (nSPS) is 24.5. The van der Waals surface area contributed by atoms with Crippen LogP contribution < -0.4 is 5.32 Å². The molecule has 0 bridgehead atoms. The van der Waals surface area contributed by atoms with Gasteiger partial charge in [-0.05, 0) is 20.3 Å². The lowest BCUT2D eigenvalue weighted by atomic mass is 10.2. The number of amides is 2. The zero-order valence-electron chi connectivity index (χ0n) is 7.42. The van der Waals surface area contributed by atoms with Crippen LogP contribution >= 0.6 is 0 Å². The fourth-order valence-electron chi connectivity index (χ4n) is 1.30. The molecular formula is C8H16N2O. The zero-order chi connectivity index (χ0) is 8.43. The van der Waals surface area contributed by atoms with E-state index < -0.39 is 0 Å². The van der Waals surface area contributed by atoms with Crippen LogP contribution in [0.5, 0.6) is 0 Å². The quantitative estimate of drug-likeness (QED) is 0.640. The Balaban J connectivity index is 2.52. The lowest BCUT2D eigenvalue weighted by molar-refractivity contribution is 0.206. The fourth-order valence-corrected chi connectivity index (χ4v) is 1.30. The minimum absolute atomic E-state index is 0.0897. The van der Waals surface area contributed by atoms with Crippen molar-refractivity contribution in [1.29, 1.82) is 0 Å². The minimum atomic E-state index is 0.0897. The van der Waals surface area contributed by atoms with Crippen LogP contribution in [0.25, 0.3) is 0 Å². The van der Waals surface area contributed by atoms with Gasteiger partial charge in [0.2, 0.25) is 0 Å². The third-order valence-corrected chi connectivity index (χ3v) is 2.12. The SMILES string of the molecule is CC[C@H]1CN(C(C)C)C(=O)N1. The molecule has 0 spiro atoms. The summed E-state index contributed by atoms with van der Waals surface area (Å²) in [4.78, 5) is 13.1. The molecule has 0 unspecified atom stereocenters. The van der Waals surface area contributed by atoms with Gasteiger partial charge in [0.25, 0.3) is 0 Å². The van der Waals surface area contributed by atoms with Crippen molar-refractivity contribution in [3.8, 4) is 0 Å². The Bertz CT molecular complexity index is 156. The molecule has 3 nitrogen and oxygen atoms in total. The molecule has 64 valence electrons. The van der Waals surface area contributed by atoms with E-state index in [1.165, 1.54) is 0 Å². The standard InChI is InChI=1S/C8H16N2O/c1-4-7-5-10(6(2)3)8(11)9-7/h6-7H,4-5H2,1-3H3,(H,9,11)/t7-/m0/s1. The molecule has 1 saturated heterocycles. The van der Waals surface area contributed by atoms with Gasteiger partial charge in [0.15, 0.2) is 0 Å². The number of hydrogen-bond acceptors (Lipinski definition) is 1. The molecule has 0 aromatic heterocycles. The highest BCUT2D eigenvalue weighted by molar-refractivity contribution is 5.77. The topological polar surface area (TPSA) is 32.3 Å². The van der Waals surface area contributed by atoms with Crippen LogP contribution in [0.1, 0.15) is 27.2 Å². The van der Waals surface area contributed by atoms with Gasteiger partial charge in [-0.2, -0.15) is 0 Å². The van der Waals surface area contributed by atoms with Gasteiger partial charge < -0.3 is 10.2 Å². The summed E-state index contributed by atoms with van der Waals surface area (Å²) in [6.07, 6.45) is 1.02. The third kappa shape index (κ3) is 1.64. The van der Waals surface area contributed by atoms with Gasteiger partial charge in [-0.15, -0.1) is 0 Å². The lowest BCUT2D eigenvalue weighted by Crippen LogP contribution is -2.33. The predicted octanol–water partition coefficient (Wildman–Crippen LogP) is 1.20. The van der Waals surface area contributed by atoms with Crippen molar-refractivity contribution in [2.45, 2.75) is 39.3 Å². The highest BCUT2D eigenvalue weighted by Gasteiger charge is 2.28. The number of hydrogen-bond donors (Lipinski definition) is 1. The summed E-state index contributed by atoms with van der Waals surface area (Å²) < 4.78 is 0. The van der Waals surface area contributed by atoms with E-state index in [1.54, 1.807) is 0 Å². The maximum Gasteiger partial charge on any atom is 0.317 e. The van der Waals surface area contributed by atoms with E-state index in [1.807, 2.05) is 18.7 Å². The van der Waals surface area contributed by atoms with Crippen LogP contribution in [0.15, 0.2) is 0 Å². The first kappa shape index (κ1) is 8.37. The largest absolute Gasteiger partial charge is 0.333 e. The average molecular weight is 156 g/mol. The zero-order valence-corrected chi connectivity index (χ0v) is 7.42. The Hall–Kier alpha value is -0.730. The molecule has 3 heteroatoms. The van der Waals surface area contributed by atoms with E-state index in [2.05, 4.69) is 12.2 Å². The second-order valence-corrected chi connectivity index (χ2v) is 3.30. The number of carbonyl (C=O) groups is 1. The molecule has 1 atom stereocenters. The van der Waals surface area contributed by atoms with Crippen LogP contribution in [0.3, 0.4) is 0 Å². The number of nitrogens with one attached hydrogen (secondary N) is 1. The van der Waals surface area contributed by atoms with Crippen LogP contribution in [0.4, 0.5) is 4.79 Å². The Kier molecular flexibility index (Phi) is 2.37. The highest BCUT2D eigenvalue weighted by Crippen LogP contribution is 2.09. The van der Waals surface area contributed by atoms with Crippen molar-refractivity contribution in [3.63, 3.8) is 0 Å². The number of rotatable bonds is 2. The van der Waals surface area contributed by atoms with Crippen molar-refractivity contribution >= 4 is 6.03 Å². The molecule has 1 rings (SSSR count). The summed E-state index contributed by atoms with van der Waals surface area (Å²) >= 11 is 0. The van der Waals surface area contributed by atoms with Crippen molar-refractivity contribution in [2.24, 2.45) is 0 Å². The Morgan fingerprint density at radius 3 is 2.64 bits per heavy atom. The molecule has 0 aromatic carbocycles. The molecule has 1 N–H and O–H groups in total. The lowest BCUT2D eigenvalue weighted by Gasteiger charge is -2.18. The van der Waals surface area contributed by atoms with Crippen molar-refractivity contribution < 1.29 is 4.79 Å². The molecule has 1 aliphatic heterocycles. The molecule has 2 amide bonds. The van der Waals surface area contributed by atoms with Crippen LogP contribution in [0, 0.1) is 0 Å². The number of nitrogens with zero attached hydrogens (tertiary/aromatic N) is 1. The van der Waals surface area contributed by atoms with Crippen LogP contribution in [-0.2, 0) is 0 Å². The predicted molar refractivity (Wildman–Crippen MR) is 44.5 cm³/mol. The molecule has 11 heavy (non-hydrogen) atoms. The van der Waals surface area contributed by atoms with Gasteiger partial charge in [-0.1, -0.05) is 6.92 Å². The molecule has 1 heterocycles. The Morgan fingerprint density at radius 2 is 2.36 bits per heavy atom. The summed E-state index contributed by atoms with van der Waals surface area (Å²) in [5.41, 5.74) is 0. The van der Waals surface area contributed by atoms with E-state index in [4.69, 9.17) is 0 Å². The molecular weight excluding hydrogens is 140 g/mol. The molecule has 0 aromatic rings. The summed E-state index contributed by atoms with van der Waals surface area (Å²) in [6.45, 7) is 7.04. The van der Waals surface area contributed by atoms with Gasteiger partial charge in [0.05, 0.1) is 0 Å². The van der Waals surface area contributed by atoms with Gasteiger partial charge in [-0.3, -0.25) is 0 Å². The molecule has 0 aliphatic carbocycles. The molecule has 1 fully saturated rings. The summed E-state index contributed by atoms with van der Waals surface area (Å²) in [5.74, 6) is 0. The fraction of sp³-hybridized carbons (Fsp3) is 0.875. The number of carbonyl (C=O) groups excluding carboxylic acids is 1. The summed E-state index contributed by atoms with van der Waals surface area (Å²) in [7, 11) is 0. The van der Waals surface area contributed by atoms with Gasteiger partial charge in [0, 0.05) is 18.6 Å². The Labute approximate surface area is 67.8 Å². The molecule has 1 aliphatic rings. The second kappa shape index (κ2) is 3.11. The van der Waals surface area contributed by atoms with E-state index in [9.17, 15) is 4.79 Å². The van der Waals surface area contributed by atoms with Gasteiger partial charge >= 0.3 is 6.03 Å². The summed E-state index contributed by atoms with van der Waals surface area (Å²) in [5, 5.41) is 2.92. The maximum absolute atomic E-state index is 11.2. The van der Waals surface area contributed by atoms with Crippen molar-refractivity contribution in [1.82, 2.24) is 10.2 Å². The first-order chi connectivity index (χ1) is 5.15. The average Bonchev–Trinajstić information content (AvgIpc) is 2.30. The minimum Gasteiger partial charge on any atom is -0.333 e. The van der Waals surface area contributed by atoms with E-state index in [-0.39, 0.29) is 6.03 Å². The smallest absolute Gasteiger partial charge is 0.317 e. The van der Waals surface area contributed by atoms with Crippen LogP contribution in [0.2, 0.25) is 0 Å². The second-order valence-electron chi connectivity index (χ2n) is 3.30. The first-order valence-electron chi connectivity index (χ1n) is 4.22. The Morgan fingerprint density at radius 1 is 1.73 bits per heavy atom. The molecule has 0 radical (unpaired) electrons. The third-order valence-electron chi connectivity index (χ3n) is 2.12. The van der Waals surface area contributed by atoms with E-state index >= 15 is 0 Å². The van der Waals surface area contributed by atoms with Crippen LogP contribution in [-0.4, -0.2) is 29.6 Å². The number of urea groups is 1. The maximum atomic E-state index is 11.2. The first-order valence-corrected chi connectivity index (χ1v) is 4.22. The highest BCUT2D eigenvalue weighted by atomic mass is 16.2.